The van der Waals surface area contributed by atoms with Gasteiger partial charge >= 0.3 is 5.97 Å². The molecule has 6 heteroatoms. The maximum Gasteiger partial charge on any atom is 0.310 e. The van der Waals surface area contributed by atoms with E-state index >= 15 is 0 Å². The highest BCUT2D eigenvalue weighted by Crippen LogP contribution is 2.68. The number of rotatable bonds is 4. The molecule has 4 saturated carbocycles. The highest BCUT2D eigenvalue weighted by molar-refractivity contribution is 5.72. The van der Waals surface area contributed by atoms with Crippen molar-refractivity contribution in [2.75, 3.05) is 0 Å². The Bertz CT molecular complexity index is 701. The van der Waals surface area contributed by atoms with Crippen molar-refractivity contribution in [1.29, 1.82) is 0 Å². The zero-order chi connectivity index (χ0) is 22.9. The minimum Gasteiger partial charge on any atom is -0.481 e. The van der Waals surface area contributed by atoms with Crippen LogP contribution >= 0.6 is 0 Å². The third kappa shape index (κ3) is 3.15. The van der Waals surface area contributed by atoms with Crippen molar-refractivity contribution in [1.82, 2.24) is 0 Å². The second kappa shape index (κ2) is 7.96. The largest absolute Gasteiger partial charge is 0.481 e. The molecular weight excluding hydrogens is 394 g/mol. The fraction of sp³-hybridized carbons (Fsp3) is 0.960. The number of carbonyl (C=O) groups is 1. The number of fused-ring (bicyclic) bond motifs is 5. The molecule has 4 aliphatic carbocycles. The Kier molecular flexibility index (Phi) is 6.03. The van der Waals surface area contributed by atoms with E-state index in [-0.39, 0.29) is 29.1 Å². The average molecular weight is 438 g/mol. The molecule has 0 saturated heterocycles. The van der Waals surface area contributed by atoms with Gasteiger partial charge in [0.05, 0.1) is 24.2 Å². The van der Waals surface area contributed by atoms with Crippen LogP contribution in [0.25, 0.3) is 0 Å². The van der Waals surface area contributed by atoms with Gasteiger partial charge in [-0.15, -0.1) is 0 Å². The predicted octanol–water partition coefficient (Wildman–Crippen LogP) is 2.63. The first kappa shape index (κ1) is 23.5. The van der Waals surface area contributed by atoms with E-state index in [0.29, 0.717) is 31.1 Å². The molecule has 4 aliphatic rings. The van der Waals surface area contributed by atoms with Crippen molar-refractivity contribution < 1.29 is 25.2 Å². The van der Waals surface area contributed by atoms with Gasteiger partial charge in [0.2, 0.25) is 0 Å². The van der Waals surface area contributed by atoms with Gasteiger partial charge in [-0.2, -0.15) is 0 Å². The average Bonchev–Trinajstić information content (AvgIpc) is 3.03. The summed E-state index contributed by atoms with van der Waals surface area (Å²) in [6.45, 7) is 8.84. The summed E-state index contributed by atoms with van der Waals surface area (Å²) in [6, 6.07) is -0.688. The van der Waals surface area contributed by atoms with Gasteiger partial charge < -0.3 is 26.2 Å². The zero-order valence-corrected chi connectivity index (χ0v) is 19.6. The Hall–Kier alpha value is -0.690. The molecule has 4 rings (SSSR count). The zero-order valence-electron chi connectivity index (χ0n) is 19.6. The molecule has 0 aliphatic heterocycles. The molecule has 0 spiro atoms. The summed E-state index contributed by atoms with van der Waals surface area (Å²) in [4.78, 5) is 12.0. The van der Waals surface area contributed by atoms with E-state index in [1.165, 1.54) is 0 Å². The number of nitrogens with two attached hydrogens (primary N) is 1. The van der Waals surface area contributed by atoms with Crippen molar-refractivity contribution in [3.8, 4) is 0 Å². The fourth-order valence-electron chi connectivity index (χ4n) is 9.31. The first-order valence-electron chi connectivity index (χ1n) is 12.5. The van der Waals surface area contributed by atoms with Crippen LogP contribution in [0.2, 0.25) is 0 Å². The first-order valence-corrected chi connectivity index (χ1v) is 12.5. The quantitative estimate of drug-likeness (QED) is 0.461. The summed E-state index contributed by atoms with van der Waals surface area (Å²) in [7, 11) is 0. The lowest BCUT2D eigenvalue weighted by atomic mass is 9.41. The van der Waals surface area contributed by atoms with Gasteiger partial charge in [-0.25, -0.2) is 0 Å². The summed E-state index contributed by atoms with van der Waals surface area (Å²) in [6.07, 6.45) is 3.91. The minimum absolute atomic E-state index is 0.0288. The number of aliphatic carboxylic acids is 1. The molecule has 6 N–H and O–H groups in total. The molecule has 0 radical (unpaired) electrons. The number of hydrogen-bond acceptors (Lipinski definition) is 5. The van der Waals surface area contributed by atoms with Gasteiger partial charge in [-0.1, -0.05) is 40.5 Å². The summed E-state index contributed by atoms with van der Waals surface area (Å²) < 4.78 is 0. The lowest BCUT2D eigenvalue weighted by molar-refractivity contribution is -0.220. The molecule has 13 atom stereocenters. The normalized spacial score (nSPS) is 55.1. The Morgan fingerprint density at radius 1 is 1.03 bits per heavy atom. The van der Waals surface area contributed by atoms with E-state index in [1.54, 1.807) is 0 Å². The van der Waals surface area contributed by atoms with Crippen molar-refractivity contribution in [3.63, 3.8) is 0 Å². The topological polar surface area (TPSA) is 124 Å². The van der Waals surface area contributed by atoms with Gasteiger partial charge in [-0.3, -0.25) is 4.79 Å². The molecule has 0 amide bonds. The van der Waals surface area contributed by atoms with Crippen LogP contribution in [0, 0.1) is 52.3 Å². The SMILES string of the molecule is CCC[C@@H](C)[C@H]1CCC2C3C(C[C@H](O)[C@@]21C)[C@@]1(C)C(N)C(C(=O)O)[C@@H](O)C[C@H]1C[C@H]3O. The van der Waals surface area contributed by atoms with E-state index in [1.807, 2.05) is 0 Å². The molecule has 0 aromatic rings. The second-order valence-electron chi connectivity index (χ2n) is 11.9. The Morgan fingerprint density at radius 3 is 2.29 bits per heavy atom. The van der Waals surface area contributed by atoms with Crippen LogP contribution in [0.5, 0.6) is 0 Å². The molecule has 31 heavy (non-hydrogen) atoms. The highest BCUT2D eigenvalue weighted by atomic mass is 16.4. The first-order chi connectivity index (χ1) is 14.5. The van der Waals surface area contributed by atoms with Crippen LogP contribution in [0.4, 0.5) is 0 Å². The van der Waals surface area contributed by atoms with E-state index < -0.39 is 41.7 Å². The highest BCUT2D eigenvalue weighted by Gasteiger charge is 2.68. The van der Waals surface area contributed by atoms with Gasteiger partial charge in [0, 0.05) is 6.04 Å². The van der Waals surface area contributed by atoms with Crippen LogP contribution in [0.3, 0.4) is 0 Å². The number of aliphatic hydroxyl groups excluding tert-OH is 3. The van der Waals surface area contributed by atoms with Gasteiger partial charge in [0.15, 0.2) is 0 Å². The van der Waals surface area contributed by atoms with Gasteiger partial charge in [-0.05, 0) is 78.4 Å². The monoisotopic (exact) mass is 437 g/mol. The molecule has 0 heterocycles. The van der Waals surface area contributed by atoms with E-state index in [4.69, 9.17) is 5.73 Å². The van der Waals surface area contributed by atoms with Crippen molar-refractivity contribution >= 4 is 5.97 Å². The maximum absolute atomic E-state index is 12.0. The third-order valence-corrected chi connectivity index (χ3v) is 10.9. The third-order valence-electron chi connectivity index (χ3n) is 10.9. The number of aliphatic hydroxyl groups is 3. The van der Waals surface area contributed by atoms with Crippen LogP contribution in [0.15, 0.2) is 0 Å². The summed E-state index contributed by atoms with van der Waals surface area (Å²) in [5, 5.41) is 43.3. The van der Waals surface area contributed by atoms with Crippen LogP contribution in [0.1, 0.15) is 72.6 Å². The van der Waals surface area contributed by atoms with Crippen LogP contribution in [-0.2, 0) is 4.79 Å². The number of carboxylic acids is 1. The van der Waals surface area contributed by atoms with E-state index in [0.717, 1.165) is 25.7 Å². The predicted molar refractivity (Wildman–Crippen MR) is 118 cm³/mol. The lowest BCUT2D eigenvalue weighted by Gasteiger charge is -2.65. The number of carboxylic acid groups (broad SMARTS) is 1. The van der Waals surface area contributed by atoms with Crippen molar-refractivity contribution in [3.05, 3.63) is 0 Å². The fourth-order valence-corrected chi connectivity index (χ4v) is 9.31. The molecule has 0 bridgehead atoms. The lowest BCUT2D eigenvalue weighted by Crippen LogP contribution is -2.69. The van der Waals surface area contributed by atoms with Gasteiger partial charge in [0.25, 0.3) is 0 Å². The molecule has 178 valence electrons. The summed E-state index contributed by atoms with van der Waals surface area (Å²) in [5.74, 6) is -0.860. The Balaban J connectivity index is 1.71. The molecule has 0 aromatic heterocycles. The molecule has 4 fully saturated rings. The Morgan fingerprint density at radius 2 is 1.68 bits per heavy atom. The van der Waals surface area contributed by atoms with Crippen molar-refractivity contribution in [2.45, 2.75) is 97.0 Å². The van der Waals surface area contributed by atoms with Gasteiger partial charge in [0.1, 0.15) is 0 Å². The maximum atomic E-state index is 12.0. The summed E-state index contributed by atoms with van der Waals surface area (Å²) >= 11 is 0. The second-order valence-corrected chi connectivity index (χ2v) is 11.9. The van der Waals surface area contributed by atoms with Crippen LogP contribution in [-0.4, -0.2) is 50.7 Å². The molecule has 6 nitrogen and oxygen atoms in total. The van der Waals surface area contributed by atoms with E-state index in [9.17, 15) is 25.2 Å². The molecule has 0 aromatic carbocycles. The standard InChI is InChI=1S/C25H43NO5/c1-5-6-12(2)14-7-8-15-20-16(11-19(29)25(14,15)4)24(3)13(9-17(20)27)10-18(28)21(22(24)26)23(30)31/h12-22,27-29H,5-11,26H2,1-4H3,(H,30,31)/t12-,13-,14-,15?,16?,17-,18+,19+,20?,21?,22?,24+,25-/m1/s1. The smallest absolute Gasteiger partial charge is 0.310 e. The van der Waals surface area contributed by atoms with Crippen molar-refractivity contribution in [2.24, 2.45) is 58.0 Å². The minimum atomic E-state index is -1.04. The molecule has 5 unspecified atom stereocenters. The Labute approximate surface area is 186 Å². The molecular formula is C25H43NO5. The number of hydrogen-bond donors (Lipinski definition) is 5. The van der Waals surface area contributed by atoms with E-state index in [2.05, 4.69) is 27.7 Å². The summed E-state index contributed by atoms with van der Waals surface area (Å²) in [5.41, 5.74) is 5.91. The van der Waals surface area contributed by atoms with Crippen LogP contribution < -0.4 is 5.73 Å².